The molecular weight excluding hydrogens is 314 g/mol. The number of ether oxygens (including phenoxy) is 1. The molecule has 0 amide bonds. The lowest BCUT2D eigenvalue weighted by Crippen LogP contribution is -2.35. The van der Waals surface area contributed by atoms with Gasteiger partial charge in [-0.3, -0.25) is 9.62 Å². The van der Waals surface area contributed by atoms with Gasteiger partial charge in [-0.1, -0.05) is 17.7 Å². The molecule has 1 fully saturated rings. The number of hydrogen-bond acceptors (Lipinski definition) is 4. The van der Waals surface area contributed by atoms with Gasteiger partial charge < -0.3 is 4.74 Å². The van der Waals surface area contributed by atoms with Crippen molar-refractivity contribution in [1.82, 2.24) is 9.21 Å². The Balaban J connectivity index is 2.06. The lowest BCUT2D eigenvalue weighted by molar-refractivity contribution is 0.0342. The van der Waals surface area contributed by atoms with Crippen molar-refractivity contribution >= 4 is 27.5 Å². The van der Waals surface area contributed by atoms with Gasteiger partial charge in [0.1, 0.15) is 0 Å². The second-order valence-corrected chi connectivity index (χ2v) is 7.38. The van der Waals surface area contributed by atoms with Crippen molar-refractivity contribution < 1.29 is 13.2 Å². The molecule has 0 bridgehead atoms. The van der Waals surface area contributed by atoms with Crippen molar-refractivity contribution in [3.8, 4) is 0 Å². The molecule has 1 N–H and O–H groups in total. The summed E-state index contributed by atoms with van der Waals surface area (Å²) in [6.45, 7) is 3.97. The molecular formula is C13H20ClN3O3S. The predicted octanol–water partition coefficient (Wildman–Crippen LogP) is 1.39. The number of nitrogens with one attached hydrogen (secondary N) is 1. The van der Waals surface area contributed by atoms with E-state index < -0.39 is 10.2 Å². The first kappa shape index (κ1) is 16.5. The first-order valence-electron chi connectivity index (χ1n) is 6.67. The molecule has 1 aromatic carbocycles. The molecule has 118 valence electrons. The Morgan fingerprint density at radius 2 is 2.00 bits per heavy atom. The van der Waals surface area contributed by atoms with Crippen LogP contribution >= 0.6 is 11.6 Å². The monoisotopic (exact) mass is 333 g/mol. The lowest BCUT2D eigenvalue weighted by Gasteiger charge is -2.27. The van der Waals surface area contributed by atoms with Gasteiger partial charge in [0.05, 0.1) is 18.9 Å². The highest BCUT2D eigenvalue weighted by Gasteiger charge is 2.15. The smallest absolute Gasteiger partial charge is 0.301 e. The molecule has 21 heavy (non-hydrogen) atoms. The second-order valence-electron chi connectivity index (χ2n) is 5.08. The van der Waals surface area contributed by atoms with Crippen molar-refractivity contribution in [1.29, 1.82) is 0 Å². The van der Waals surface area contributed by atoms with E-state index in [9.17, 15) is 8.42 Å². The van der Waals surface area contributed by atoms with E-state index in [1.54, 1.807) is 12.1 Å². The summed E-state index contributed by atoms with van der Waals surface area (Å²) in [6.07, 6.45) is 0. The van der Waals surface area contributed by atoms with Crippen LogP contribution in [0.1, 0.15) is 5.56 Å². The van der Waals surface area contributed by atoms with Crippen LogP contribution in [0.4, 0.5) is 5.69 Å². The Morgan fingerprint density at radius 1 is 1.33 bits per heavy atom. The molecule has 1 aromatic rings. The molecule has 1 aliphatic rings. The minimum absolute atomic E-state index is 0.458. The van der Waals surface area contributed by atoms with Crippen LogP contribution in [-0.2, 0) is 21.5 Å². The van der Waals surface area contributed by atoms with E-state index in [0.717, 1.165) is 42.7 Å². The van der Waals surface area contributed by atoms with Crippen LogP contribution in [0.25, 0.3) is 0 Å². The zero-order valence-electron chi connectivity index (χ0n) is 12.2. The molecule has 6 nitrogen and oxygen atoms in total. The number of morpholine rings is 1. The van der Waals surface area contributed by atoms with E-state index in [4.69, 9.17) is 16.3 Å². The van der Waals surface area contributed by atoms with Gasteiger partial charge in [-0.25, -0.2) is 0 Å². The van der Waals surface area contributed by atoms with Crippen LogP contribution in [0.15, 0.2) is 18.2 Å². The SMILES string of the molecule is CN(C)S(=O)(=O)Nc1ccc(CN2CCOCC2)c(Cl)c1. The van der Waals surface area contributed by atoms with Crippen LogP contribution in [0.3, 0.4) is 0 Å². The summed E-state index contributed by atoms with van der Waals surface area (Å²) in [5.41, 5.74) is 1.44. The van der Waals surface area contributed by atoms with E-state index >= 15 is 0 Å². The average molecular weight is 334 g/mol. The Hall–Kier alpha value is -0.860. The van der Waals surface area contributed by atoms with Crippen LogP contribution in [-0.4, -0.2) is 58.0 Å². The third-order valence-electron chi connectivity index (χ3n) is 3.28. The normalized spacial score (nSPS) is 17.1. The molecule has 0 spiro atoms. The molecule has 8 heteroatoms. The molecule has 0 aromatic heterocycles. The maximum absolute atomic E-state index is 11.8. The van der Waals surface area contributed by atoms with Gasteiger partial charge in [0.25, 0.3) is 0 Å². The molecule has 0 radical (unpaired) electrons. The molecule has 0 aliphatic carbocycles. The van der Waals surface area contributed by atoms with Gasteiger partial charge in [-0.05, 0) is 17.7 Å². The summed E-state index contributed by atoms with van der Waals surface area (Å²) >= 11 is 6.25. The first-order chi connectivity index (χ1) is 9.88. The Labute approximate surface area is 130 Å². The third-order valence-corrected chi connectivity index (χ3v) is 5.09. The molecule has 2 rings (SSSR count). The van der Waals surface area contributed by atoms with Crippen molar-refractivity contribution in [3.63, 3.8) is 0 Å². The minimum Gasteiger partial charge on any atom is -0.379 e. The largest absolute Gasteiger partial charge is 0.379 e. The molecule has 1 saturated heterocycles. The number of benzene rings is 1. The highest BCUT2D eigenvalue weighted by molar-refractivity contribution is 7.90. The maximum atomic E-state index is 11.8. The fraction of sp³-hybridized carbons (Fsp3) is 0.538. The number of rotatable bonds is 5. The van der Waals surface area contributed by atoms with Crippen molar-refractivity contribution in [2.75, 3.05) is 45.1 Å². The molecule has 0 saturated carbocycles. The van der Waals surface area contributed by atoms with Gasteiger partial charge in [-0.15, -0.1) is 0 Å². The van der Waals surface area contributed by atoms with E-state index in [-0.39, 0.29) is 0 Å². The Kier molecular flexibility index (Phi) is 5.45. The Morgan fingerprint density at radius 3 is 2.57 bits per heavy atom. The maximum Gasteiger partial charge on any atom is 0.301 e. The lowest BCUT2D eigenvalue weighted by atomic mass is 10.2. The van der Waals surface area contributed by atoms with Gasteiger partial charge in [0.2, 0.25) is 0 Å². The van der Waals surface area contributed by atoms with Crippen molar-refractivity contribution in [2.24, 2.45) is 0 Å². The zero-order valence-corrected chi connectivity index (χ0v) is 13.7. The summed E-state index contributed by atoms with van der Waals surface area (Å²) < 4.78 is 32.4. The molecule has 0 unspecified atom stereocenters. The highest BCUT2D eigenvalue weighted by Crippen LogP contribution is 2.23. The summed E-state index contributed by atoms with van der Waals surface area (Å²) in [5, 5.41) is 0.556. The van der Waals surface area contributed by atoms with E-state index in [1.165, 1.54) is 14.1 Å². The Bertz CT molecular complexity index is 586. The summed E-state index contributed by atoms with van der Waals surface area (Å²) in [6, 6.07) is 5.21. The number of anilines is 1. The highest BCUT2D eigenvalue weighted by atomic mass is 35.5. The summed E-state index contributed by atoms with van der Waals surface area (Å²) in [5.74, 6) is 0. The van der Waals surface area contributed by atoms with E-state index in [0.29, 0.717) is 10.7 Å². The van der Waals surface area contributed by atoms with Gasteiger partial charge in [0, 0.05) is 38.8 Å². The van der Waals surface area contributed by atoms with E-state index in [1.807, 2.05) is 6.07 Å². The quantitative estimate of drug-likeness (QED) is 0.884. The molecule has 1 aliphatic heterocycles. The van der Waals surface area contributed by atoms with Crippen molar-refractivity contribution in [3.05, 3.63) is 28.8 Å². The van der Waals surface area contributed by atoms with Crippen LogP contribution in [0.5, 0.6) is 0 Å². The van der Waals surface area contributed by atoms with Gasteiger partial charge >= 0.3 is 10.2 Å². The fourth-order valence-corrected chi connectivity index (χ4v) is 2.83. The van der Waals surface area contributed by atoms with Crippen LogP contribution in [0, 0.1) is 0 Å². The number of halogens is 1. The second kappa shape index (κ2) is 6.93. The predicted molar refractivity (Wildman–Crippen MR) is 83.8 cm³/mol. The van der Waals surface area contributed by atoms with Crippen molar-refractivity contribution in [2.45, 2.75) is 6.54 Å². The van der Waals surface area contributed by atoms with Gasteiger partial charge in [0.15, 0.2) is 0 Å². The van der Waals surface area contributed by atoms with Crippen LogP contribution in [0.2, 0.25) is 5.02 Å². The number of hydrogen-bond donors (Lipinski definition) is 1. The number of nitrogens with zero attached hydrogens (tertiary/aromatic N) is 2. The van der Waals surface area contributed by atoms with Gasteiger partial charge in [-0.2, -0.15) is 12.7 Å². The summed E-state index contributed by atoms with van der Waals surface area (Å²) in [7, 11) is -0.572. The topological polar surface area (TPSA) is 61.9 Å². The van der Waals surface area contributed by atoms with Crippen LogP contribution < -0.4 is 4.72 Å². The zero-order chi connectivity index (χ0) is 15.5. The third kappa shape index (κ3) is 4.55. The average Bonchev–Trinajstić information content (AvgIpc) is 2.42. The molecule has 1 heterocycles. The fourth-order valence-electron chi connectivity index (χ4n) is 1.98. The summed E-state index contributed by atoms with van der Waals surface area (Å²) in [4.78, 5) is 2.26. The first-order valence-corrected chi connectivity index (χ1v) is 8.49. The molecule has 0 atom stereocenters. The van der Waals surface area contributed by atoms with E-state index in [2.05, 4.69) is 9.62 Å². The standard InChI is InChI=1S/C13H20ClN3O3S/c1-16(2)21(18,19)15-12-4-3-11(13(14)9-12)10-17-5-7-20-8-6-17/h3-4,9,15H,5-8,10H2,1-2H3. The minimum atomic E-state index is -3.51.